The van der Waals surface area contributed by atoms with Gasteiger partial charge in [-0.05, 0) is 0 Å². The third-order valence-electron chi connectivity index (χ3n) is 19.2. The zero-order chi connectivity index (χ0) is 81.5. The number of aliphatic hydroxyl groups is 23. The maximum Gasteiger partial charge on any atom is 0.364 e. The number of carboxylic acids is 3. The smallest absolute Gasteiger partial charge is 0.364 e. The third kappa shape index (κ3) is 19.8. The maximum absolute atomic E-state index is 14.2. The molecule has 7 saturated heterocycles. The van der Waals surface area contributed by atoms with Crippen molar-refractivity contribution in [3.8, 4) is 0 Å². The standard InChI is InChI=1S/C59H96N4O46/c1-15(72)60-29-18(75)4-57(54(91)92,106-46(29)33(80)21(78)7-64)104-25(11-68)37(84)48-31(63-28(79)14-71)20(77)5-58(107-48,55(93)94)105-24(10-67)36(83)47-30(61-16(2)73)19(76)6-59(108-47,56(95)96)109-49-42(89)53(101-43-26(12-69)97-50(90)40(87)39(43)86)100-27(13-70)44(49)102-51-32(62-17(3)74)45(35(82)23(9-66)98-51)103-52-41(88)38(85)34(81)22(8-65)99-52/h18-27,29-53,64-71,75-78,80-90H,4-14H2,1-3H3,(H,60,72)(H,61,73)(H,62,74)(H,63,79)(H,91,92)(H,93,94)(H,95,96)/t18-,19-,20-,21+,22+,23+,24+,25+,26+,27+,29+,30+,31+,32+,33+,34-,35-,36+,37+,38-,39+,40+,41+,42+,43+,44-,45+,46+,47+,48+,49+,50+,51-,52-,53-,57+,58+,59-/m0/s1. The summed E-state index contributed by atoms with van der Waals surface area (Å²) >= 11 is 0. The van der Waals surface area contributed by atoms with Crippen molar-refractivity contribution in [3.63, 3.8) is 0 Å². The number of carbonyl (C=O) groups excluding carboxylic acids is 4. The summed E-state index contributed by atoms with van der Waals surface area (Å²) < 4.78 is 75.1. The van der Waals surface area contributed by atoms with Crippen LogP contribution in [-0.2, 0) is 95.1 Å². The summed E-state index contributed by atoms with van der Waals surface area (Å²) in [5.74, 6) is -22.7. The van der Waals surface area contributed by atoms with Gasteiger partial charge in [-0.25, -0.2) is 14.4 Å². The summed E-state index contributed by atoms with van der Waals surface area (Å²) in [6.45, 7) is -8.43. The second-order valence-corrected chi connectivity index (χ2v) is 26.8. The van der Waals surface area contributed by atoms with E-state index in [1.807, 2.05) is 5.32 Å². The minimum Gasteiger partial charge on any atom is -0.477 e. The molecule has 7 heterocycles. The average molecular weight is 1600 g/mol. The normalized spacial score (nSPS) is 43.1. The lowest BCUT2D eigenvalue weighted by Gasteiger charge is -2.53. The van der Waals surface area contributed by atoms with Gasteiger partial charge in [0.1, 0.15) is 159 Å². The lowest BCUT2D eigenvalue weighted by Crippen LogP contribution is -2.73. The van der Waals surface area contributed by atoms with Crippen LogP contribution < -0.4 is 21.3 Å². The average Bonchev–Trinajstić information content (AvgIpc) is 0.748. The van der Waals surface area contributed by atoms with Crippen LogP contribution in [0, 0.1) is 0 Å². The molecule has 7 aliphatic rings. The van der Waals surface area contributed by atoms with E-state index >= 15 is 0 Å². The molecule has 38 atom stereocenters. The summed E-state index contributed by atoms with van der Waals surface area (Å²) in [7, 11) is 0. The van der Waals surface area contributed by atoms with Gasteiger partial charge >= 0.3 is 17.9 Å². The fraction of sp³-hybridized carbons (Fsp3) is 0.881. The van der Waals surface area contributed by atoms with Gasteiger partial charge in [0.25, 0.3) is 17.4 Å². The van der Waals surface area contributed by atoms with E-state index in [1.165, 1.54) is 0 Å². The Bertz CT molecular complexity index is 3030. The van der Waals surface area contributed by atoms with Gasteiger partial charge in [-0.1, -0.05) is 0 Å². The molecule has 0 aromatic carbocycles. The number of aliphatic carboxylic acids is 3. The summed E-state index contributed by atoms with van der Waals surface area (Å²) in [4.78, 5) is 92.5. The Balaban J connectivity index is 1.31. The van der Waals surface area contributed by atoms with Crippen molar-refractivity contribution in [2.75, 3.05) is 52.9 Å². The number of carboxylic acid groups (broad SMARTS) is 3. The highest BCUT2D eigenvalue weighted by Gasteiger charge is 2.65. The van der Waals surface area contributed by atoms with E-state index in [1.54, 1.807) is 0 Å². The van der Waals surface area contributed by atoms with Crippen LogP contribution in [0.3, 0.4) is 0 Å². The molecular formula is C59H96N4O46. The number of hydrogen-bond acceptors (Lipinski definition) is 43. The first-order valence-electron chi connectivity index (χ1n) is 33.7. The van der Waals surface area contributed by atoms with Crippen molar-refractivity contribution in [1.29, 1.82) is 0 Å². The lowest BCUT2D eigenvalue weighted by atomic mass is 9.86. The van der Waals surface area contributed by atoms with Crippen molar-refractivity contribution >= 4 is 41.5 Å². The molecule has 0 saturated carbocycles. The topological polar surface area (TPSA) is 814 Å². The molecule has 0 radical (unpaired) electrons. The van der Waals surface area contributed by atoms with Gasteiger partial charge in [0, 0.05) is 40.0 Å². The Morgan fingerprint density at radius 2 is 0.780 bits per heavy atom. The van der Waals surface area contributed by atoms with E-state index < -0.39 is 345 Å². The molecule has 0 unspecified atom stereocenters. The molecule has 628 valence electrons. The van der Waals surface area contributed by atoms with E-state index in [4.69, 9.17) is 61.6 Å². The number of carbonyl (C=O) groups is 7. The predicted octanol–water partition coefficient (Wildman–Crippen LogP) is -19.1. The molecule has 0 aliphatic carbocycles. The fourth-order valence-corrected chi connectivity index (χ4v) is 13.7. The Hall–Kier alpha value is -5.15. The van der Waals surface area contributed by atoms with Gasteiger partial charge < -0.3 is 216 Å². The van der Waals surface area contributed by atoms with E-state index in [0.717, 1.165) is 20.8 Å². The molecule has 7 aliphatic heterocycles. The summed E-state index contributed by atoms with van der Waals surface area (Å²) in [6.07, 6.45) is -77.8. The van der Waals surface area contributed by atoms with Crippen LogP contribution in [-0.4, -0.2) is 459 Å². The van der Waals surface area contributed by atoms with Crippen LogP contribution >= 0.6 is 0 Å². The summed E-state index contributed by atoms with van der Waals surface area (Å²) in [6, 6.07) is -8.42. The molecule has 0 aromatic rings. The third-order valence-corrected chi connectivity index (χ3v) is 19.2. The molecule has 0 spiro atoms. The molecule has 109 heavy (non-hydrogen) atoms. The first-order chi connectivity index (χ1) is 51.1. The van der Waals surface area contributed by atoms with Crippen LogP contribution in [0.4, 0.5) is 0 Å². The molecular weight excluding hydrogens is 1500 g/mol. The minimum atomic E-state index is -3.79. The number of ether oxygens (including phenoxy) is 13. The molecule has 50 heteroatoms. The summed E-state index contributed by atoms with van der Waals surface area (Å²) in [5.41, 5.74) is 0. The largest absolute Gasteiger partial charge is 0.477 e. The zero-order valence-electron chi connectivity index (χ0n) is 57.8. The van der Waals surface area contributed by atoms with Gasteiger partial charge in [-0.15, -0.1) is 0 Å². The highest BCUT2D eigenvalue weighted by Crippen LogP contribution is 2.44. The number of rotatable bonds is 33. The van der Waals surface area contributed by atoms with Gasteiger partial charge in [-0.3, -0.25) is 19.2 Å². The van der Waals surface area contributed by atoms with E-state index in [0.29, 0.717) is 0 Å². The summed E-state index contributed by atoms with van der Waals surface area (Å²) in [5, 5.41) is 295. The van der Waals surface area contributed by atoms with E-state index in [9.17, 15) is 166 Å². The molecule has 7 fully saturated rings. The molecule has 0 aromatic heterocycles. The number of hydrogen-bond donors (Lipinski definition) is 30. The monoisotopic (exact) mass is 1600 g/mol. The van der Waals surface area contributed by atoms with Crippen LogP contribution in [0.1, 0.15) is 40.0 Å². The Kier molecular flexibility index (Phi) is 32.0. The van der Waals surface area contributed by atoms with E-state index in [-0.39, 0.29) is 0 Å². The SMILES string of the molecule is CC(=O)N[C@H]1[C@H](O[C@@H]2[C@H](O[C@]3(C(=O)O)C[C@H](O)[C@@H](NC(C)=O)[C@H]([C@H](O)[C@@H](CO)O[C@]4(C(=O)O)C[C@H](O)[C@@H](NC(=O)CO)[C@H]([C@H](O)[C@@H](CO)O[C@]5(C(=O)O)C[C@H](O)[C@@H](NC(C)=O)[C@H]([C@H](O)[C@H](O)CO)O5)O4)O3)[C@@H](O)[C@H](O[C@H]3[C@H](O)[C@@H](O)[C@H](O)O[C@@H]3CO)O[C@@H]2CO)O[C@H](CO)[C@H](O)[C@@H]1O[C@@H]1O[C@H](CO)[C@H](O)[C@H](O)[C@H]1O. The van der Waals surface area contributed by atoms with Crippen LogP contribution in [0.15, 0.2) is 0 Å². The second-order valence-electron chi connectivity index (χ2n) is 26.8. The van der Waals surface area contributed by atoms with Crippen molar-refractivity contribution in [1.82, 2.24) is 21.3 Å². The number of nitrogens with one attached hydrogen (secondary N) is 4. The van der Waals surface area contributed by atoms with E-state index in [2.05, 4.69) is 16.0 Å². The lowest BCUT2D eigenvalue weighted by molar-refractivity contribution is -0.403. The van der Waals surface area contributed by atoms with Crippen LogP contribution in [0.2, 0.25) is 0 Å². The van der Waals surface area contributed by atoms with Crippen LogP contribution in [0.5, 0.6) is 0 Å². The van der Waals surface area contributed by atoms with Gasteiger partial charge in [0.05, 0.1) is 82.7 Å². The maximum atomic E-state index is 14.2. The fourth-order valence-electron chi connectivity index (χ4n) is 13.7. The van der Waals surface area contributed by atoms with Crippen molar-refractivity contribution < 1.29 is 228 Å². The Morgan fingerprint density at radius 3 is 1.22 bits per heavy atom. The zero-order valence-corrected chi connectivity index (χ0v) is 57.8. The Morgan fingerprint density at radius 1 is 0.394 bits per heavy atom. The molecule has 4 amide bonds. The van der Waals surface area contributed by atoms with Crippen molar-refractivity contribution in [2.24, 2.45) is 0 Å². The van der Waals surface area contributed by atoms with Crippen LogP contribution in [0.25, 0.3) is 0 Å². The Labute approximate surface area is 613 Å². The van der Waals surface area contributed by atoms with Crippen molar-refractivity contribution in [3.05, 3.63) is 0 Å². The molecule has 50 nitrogen and oxygen atoms in total. The first kappa shape index (κ1) is 91.0. The van der Waals surface area contributed by atoms with Crippen molar-refractivity contribution in [2.45, 2.75) is 272 Å². The highest BCUT2D eigenvalue weighted by atomic mass is 16.8. The van der Waals surface area contributed by atoms with Gasteiger partial charge in [-0.2, -0.15) is 0 Å². The quantitative estimate of drug-likeness (QED) is 0.0290. The molecule has 0 bridgehead atoms. The first-order valence-corrected chi connectivity index (χ1v) is 33.7. The number of amides is 4. The van der Waals surface area contributed by atoms with Gasteiger partial charge in [0.2, 0.25) is 23.6 Å². The minimum absolute atomic E-state index is 0.780. The molecule has 7 rings (SSSR count). The molecule has 30 N–H and O–H groups in total. The number of aliphatic hydroxyl groups excluding tert-OH is 23. The predicted molar refractivity (Wildman–Crippen MR) is 331 cm³/mol. The van der Waals surface area contributed by atoms with Gasteiger partial charge in [0.15, 0.2) is 25.2 Å². The highest BCUT2D eigenvalue weighted by molar-refractivity contribution is 5.79. The second kappa shape index (κ2) is 38.3.